The van der Waals surface area contributed by atoms with Gasteiger partial charge in [-0.1, -0.05) is 30.7 Å². The molecule has 3 N–H and O–H groups in total. The van der Waals surface area contributed by atoms with Crippen molar-refractivity contribution in [2.24, 2.45) is 0 Å². The van der Waals surface area contributed by atoms with Gasteiger partial charge in [-0.05, 0) is 42.3 Å². The quantitative estimate of drug-likeness (QED) is 0.838. The van der Waals surface area contributed by atoms with Crippen LogP contribution in [-0.4, -0.2) is 5.91 Å². The SMILES string of the molecule is CCc1ccc(NC(=O)c2ccc(N)c(Cl)c2)cc1. The average Bonchev–Trinajstić information content (AvgIpc) is 2.42. The number of nitrogens with one attached hydrogen (secondary N) is 1. The highest BCUT2D eigenvalue weighted by Crippen LogP contribution is 2.20. The number of benzene rings is 2. The van der Waals surface area contributed by atoms with Crippen LogP contribution in [0, 0.1) is 0 Å². The summed E-state index contributed by atoms with van der Waals surface area (Å²) in [7, 11) is 0. The minimum atomic E-state index is -0.203. The molecule has 3 nitrogen and oxygen atoms in total. The van der Waals surface area contributed by atoms with Crippen molar-refractivity contribution >= 4 is 28.9 Å². The molecule has 0 fully saturated rings. The van der Waals surface area contributed by atoms with E-state index in [9.17, 15) is 4.79 Å². The zero-order valence-electron chi connectivity index (χ0n) is 10.6. The zero-order chi connectivity index (χ0) is 13.8. The van der Waals surface area contributed by atoms with Crippen molar-refractivity contribution in [2.45, 2.75) is 13.3 Å². The van der Waals surface area contributed by atoms with Crippen molar-refractivity contribution in [2.75, 3.05) is 11.1 Å². The molecule has 2 aromatic carbocycles. The van der Waals surface area contributed by atoms with E-state index in [2.05, 4.69) is 12.2 Å². The number of anilines is 2. The van der Waals surface area contributed by atoms with Gasteiger partial charge in [0.05, 0.1) is 10.7 Å². The van der Waals surface area contributed by atoms with Crippen molar-refractivity contribution in [3.05, 3.63) is 58.6 Å². The molecule has 0 aliphatic rings. The fraction of sp³-hybridized carbons (Fsp3) is 0.133. The van der Waals surface area contributed by atoms with Crippen molar-refractivity contribution in [3.63, 3.8) is 0 Å². The molecule has 0 atom stereocenters. The van der Waals surface area contributed by atoms with Gasteiger partial charge in [0.1, 0.15) is 0 Å². The van der Waals surface area contributed by atoms with E-state index in [1.54, 1.807) is 18.2 Å². The van der Waals surface area contributed by atoms with Crippen LogP contribution in [0.4, 0.5) is 11.4 Å². The largest absolute Gasteiger partial charge is 0.398 e. The molecule has 0 radical (unpaired) electrons. The molecule has 0 heterocycles. The average molecular weight is 275 g/mol. The summed E-state index contributed by atoms with van der Waals surface area (Å²) in [6, 6.07) is 12.6. The lowest BCUT2D eigenvalue weighted by molar-refractivity contribution is 0.102. The molecule has 2 aromatic rings. The summed E-state index contributed by atoms with van der Waals surface area (Å²) in [4.78, 5) is 12.0. The van der Waals surface area contributed by atoms with Crippen LogP contribution in [0.25, 0.3) is 0 Å². The van der Waals surface area contributed by atoms with Gasteiger partial charge in [0, 0.05) is 11.3 Å². The van der Waals surface area contributed by atoms with E-state index < -0.39 is 0 Å². The number of rotatable bonds is 3. The Hall–Kier alpha value is -2.00. The Morgan fingerprint density at radius 3 is 2.47 bits per heavy atom. The van der Waals surface area contributed by atoms with Crippen LogP contribution >= 0.6 is 11.6 Å². The second kappa shape index (κ2) is 5.76. The molecule has 2 rings (SSSR count). The maximum absolute atomic E-state index is 12.0. The van der Waals surface area contributed by atoms with Crippen molar-refractivity contribution in [3.8, 4) is 0 Å². The van der Waals surface area contributed by atoms with E-state index in [0.717, 1.165) is 12.1 Å². The summed E-state index contributed by atoms with van der Waals surface area (Å²) in [5.74, 6) is -0.203. The number of nitrogen functional groups attached to an aromatic ring is 1. The van der Waals surface area contributed by atoms with E-state index in [-0.39, 0.29) is 5.91 Å². The molecule has 0 aliphatic heterocycles. The van der Waals surface area contributed by atoms with E-state index in [1.165, 1.54) is 5.56 Å². The smallest absolute Gasteiger partial charge is 0.255 e. The van der Waals surface area contributed by atoms with Crippen LogP contribution in [0.5, 0.6) is 0 Å². The molecule has 98 valence electrons. The molecule has 0 bridgehead atoms. The van der Waals surface area contributed by atoms with Gasteiger partial charge in [-0.15, -0.1) is 0 Å². The van der Waals surface area contributed by atoms with Crippen LogP contribution in [0.15, 0.2) is 42.5 Å². The topological polar surface area (TPSA) is 55.1 Å². The highest BCUT2D eigenvalue weighted by molar-refractivity contribution is 6.33. The molecular formula is C15H15ClN2O. The molecule has 19 heavy (non-hydrogen) atoms. The second-order valence-electron chi connectivity index (χ2n) is 4.24. The monoisotopic (exact) mass is 274 g/mol. The summed E-state index contributed by atoms with van der Waals surface area (Å²) < 4.78 is 0. The Morgan fingerprint density at radius 2 is 1.89 bits per heavy atom. The van der Waals surface area contributed by atoms with Crippen LogP contribution < -0.4 is 11.1 Å². The van der Waals surface area contributed by atoms with Gasteiger partial charge in [0.2, 0.25) is 0 Å². The third kappa shape index (κ3) is 3.26. The summed E-state index contributed by atoms with van der Waals surface area (Å²) in [5.41, 5.74) is 8.55. The number of amides is 1. The molecule has 0 unspecified atom stereocenters. The number of hydrogen-bond donors (Lipinski definition) is 2. The Morgan fingerprint density at radius 1 is 1.21 bits per heavy atom. The number of nitrogens with two attached hydrogens (primary N) is 1. The van der Waals surface area contributed by atoms with E-state index in [4.69, 9.17) is 17.3 Å². The standard InChI is InChI=1S/C15H15ClN2O/c1-2-10-3-6-12(7-4-10)18-15(19)11-5-8-14(17)13(16)9-11/h3-9H,2,17H2,1H3,(H,18,19). The number of hydrogen-bond acceptors (Lipinski definition) is 2. The summed E-state index contributed by atoms with van der Waals surface area (Å²) >= 11 is 5.90. The minimum absolute atomic E-state index is 0.203. The molecular weight excluding hydrogens is 260 g/mol. The van der Waals surface area contributed by atoms with Gasteiger partial charge in [-0.3, -0.25) is 4.79 Å². The number of aryl methyl sites for hydroxylation is 1. The van der Waals surface area contributed by atoms with Gasteiger partial charge >= 0.3 is 0 Å². The zero-order valence-corrected chi connectivity index (χ0v) is 11.4. The molecule has 4 heteroatoms. The first kappa shape index (κ1) is 13.4. The normalized spacial score (nSPS) is 10.2. The third-order valence-electron chi connectivity index (χ3n) is 2.88. The molecule has 0 aromatic heterocycles. The lowest BCUT2D eigenvalue weighted by Gasteiger charge is -2.07. The van der Waals surface area contributed by atoms with Gasteiger partial charge in [-0.25, -0.2) is 0 Å². The first-order chi connectivity index (χ1) is 9.10. The van der Waals surface area contributed by atoms with Crippen LogP contribution in [0.2, 0.25) is 5.02 Å². The maximum Gasteiger partial charge on any atom is 0.255 e. The summed E-state index contributed by atoms with van der Waals surface area (Å²) in [5, 5.41) is 3.20. The molecule has 0 saturated heterocycles. The highest BCUT2D eigenvalue weighted by atomic mass is 35.5. The van der Waals surface area contributed by atoms with Crippen LogP contribution in [0.1, 0.15) is 22.8 Å². The lowest BCUT2D eigenvalue weighted by atomic mass is 10.1. The fourth-order valence-electron chi connectivity index (χ4n) is 1.70. The maximum atomic E-state index is 12.0. The van der Waals surface area contributed by atoms with Gasteiger partial charge < -0.3 is 11.1 Å². The predicted octanol–water partition coefficient (Wildman–Crippen LogP) is 3.74. The summed E-state index contributed by atoms with van der Waals surface area (Å²) in [6.07, 6.45) is 0.974. The Labute approximate surface area is 117 Å². The Balaban J connectivity index is 2.13. The molecule has 0 spiro atoms. The lowest BCUT2D eigenvalue weighted by Crippen LogP contribution is -2.12. The van der Waals surface area contributed by atoms with Gasteiger partial charge in [-0.2, -0.15) is 0 Å². The van der Waals surface area contributed by atoms with Crippen LogP contribution in [-0.2, 0) is 6.42 Å². The Kier molecular flexibility index (Phi) is 4.07. The number of carbonyl (C=O) groups is 1. The molecule has 0 saturated carbocycles. The fourth-order valence-corrected chi connectivity index (χ4v) is 1.88. The molecule has 1 amide bonds. The van der Waals surface area contributed by atoms with E-state index in [0.29, 0.717) is 16.3 Å². The van der Waals surface area contributed by atoms with Crippen molar-refractivity contribution in [1.29, 1.82) is 0 Å². The van der Waals surface area contributed by atoms with Crippen LogP contribution in [0.3, 0.4) is 0 Å². The minimum Gasteiger partial charge on any atom is -0.398 e. The highest BCUT2D eigenvalue weighted by Gasteiger charge is 2.07. The first-order valence-corrected chi connectivity index (χ1v) is 6.43. The van der Waals surface area contributed by atoms with E-state index in [1.807, 2.05) is 24.3 Å². The molecule has 0 aliphatic carbocycles. The van der Waals surface area contributed by atoms with E-state index >= 15 is 0 Å². The first-order valence-electron chi connectivity index (χ1n) is 6.05. The Bertz CT molecular complexity index is 594. The third-order valence-corrected chi connectivity index (χ3v) is 3.21. The van der Waals surface area contributed by atoms with Crippen molar-refractivity contribution < 1.29 is 4.79 Å². The second-order valence-corrected chi connectivity index (χ2v) is 4.65. The predicted molar refractivity (Wildman–Crippen MR) is 79.6 cm³/mol. The van der Waals surface area contributed by atoms with Gasteiger partial charge in [0.25, 0.3) is 5.91 Å². The van der Waals surface area contributed by atoms with Crippen molar-refractivity contribution in [1.82, 2.24) is 0 Å². The number of carbonyl (C=O) groups excluding carboxylic acids is 1. The number of halogens is 1. The summed E-state index contributed by atoms with van der Waals surface area (Å²) in [6.45, 7) is 2.09. The van der Waals surface area contributed by atoms with Gasteiger partial charge in [0.15, 0.2) is 0 Å².